The molecule has 0 unspecified atom stereocenters. The van der Waals surface area contributed by atoms with E-state index >= 15 is 0 Å². The summed E-state index contributed by atoms with van der Waals surface area (Å²) < 4.78 is 12.2. The van der Waals surface area contributed by atoms with Crippen molar-refractivity contribution in [1.82, 2.24) is 14.9 Å². The monoisotopic (exact) mass is 383 g/mol. The van der Waals surface area contributed by atoms with Crippen LogP contribution in [0.25, 0.3) is 16.3 Å². The van der Waals surface area contributed by atoms with E-state index in [-0.39, 0.29) is 18.3 Å². The molecule has 0 saturated carbocycles. The number of hydrogen-bond acceptors (Lipinski definition) is 6. The lowest BCUT2D eigenvalue weighted by molar-refractivity contribution is -0.116. The van der Waals surface area contributed by atoms with Crippen molar-refractivity contribution in [3.63, 3.8) is 0 Å². The van der Waals surface area contributed by atoms with Gasteiger partial charge < -0.3 is 14.8 Å². The first-order chi connectivity index (χ1) is 13.1. The first-order valence-corrected chi connectivity index (χ1v) is 9.30. The lowest BCUT2D eigenvalue weighted by Gasteiger charge is -2.09. The highest BCUT2D eigenvalue weighted by Gasteiger charge is 2.12. The maximum Gasteiger partial charge on any atom is 0.262 e. The average Bonchev–Trinajstić information content (AvgIpc) is 3.31. The molecule has 3 aromatic rings. The van der Waals surface area contributed by atoms with Crippen LogP contribution in [0.3, 0.4) is 0 Å². The SMILES string of the molecule is Cc1nc2sccc2c(=O)n1CCNC(=O)/C=C/c1ccc2c(c1)OCO2. The van der Waals surface area contributed by atoms with Crippen molar-refractivity contribution in [3.05, 3.63) is 57.5 Å². The number of rotatable bonds is 5. The van der Waals surface area contributed by atoms with E-state index < -0.39 is 0 Å². The van der Waals surface area contributed by atoms with E-state index in [9.17, 15) is 9.59 Å². The minimum Gasteiger partial charge on any atom is -0.454 e. The van der Waals surface area contributed by atoms with E-state index in [0.29, 0.717) is 35.8 Å². The van der Waals surface area contributed by atoms with Crippen molar-refractivity contribution in [2.75, 3.05) is 13.3 Å². The summed E-state index contributed by atoms with van der Waals surface area (Å²) in [6, 6.07) is 7.25. The van der Waals surface area contributed by atoms with Crippen molar-refractivity contribution >= 4 is 33.5 Å². The van der Waals surface area contributed by atoms with Crippen LogP contribution >= 0.6 is 11.3 Å². The van der Waals surface area contributed by atoms with Gasteiger partial charge in [-0.3, -0.25) is 14.2 Å². The van der Waals surface area contributed by atoms with Gasteiger partial charge in [-0.2, -0.15) is 0 Å². The summed E-state index contributed by atoms with van der Waals surface area (Å²) in [5.41, 5.74) is 0.762. The highest BCUT2D eigenvalue weighted by Crippen LogP contribution is 2.32. The molecule has 0 spiro atoms. The van der Waals surface area contributed by atoms with Gasteiger partial charge in [0.15, 0.2) is 11.5 Å². The molecular formula is C19H17N3O4S. The standard InChI is InChI=1S/C19H17N3O4S/c1-12-21-18-14(6-9-27-18)19(24)22(12)8-7-20-17(23)5-3-13-2-4-15-16(10-13)26-11-25-15/h2-6,9-10H,7-8,11H2,1H3,(H,20,23)/b5-3+. The van der Waals surface area contributed by atoms with Crippen LogP contribution in [-0.2, 0) is 11.3 Å². The van der Waals surface area contributed by atoms with Crippen LogP contribution < -0.4 is 20.3 Å². The molecule has 138 valence electrons. The minimum absolute atomic E-state index is 0.0797. The van der Waals surface area contributed by atoms with Crippen LogP contribution in [0.4, 0.5) is 0 Å². The summed E-state index contributed by atoms with van der Waals surface area (Å²) in [6.45, 7) is 2.71. The molecule has 3 heterocycles. The molecule has 7 nitrogen and oxygen atoms in total. The molecule has 8 heteroatoms. The molecular weight excluding hydrogens is 366 g/mol. The number of hydrogen-bond donors (Lipinski definition) is 1. The molecule has 0 radical (unpaired) electrons. The molecule has 2 aromatic heterocycles. The summed E-state index contributed by atoms with van der Waals surface area (Å²) in [5.74, 6) is 1.78. The van der Waals surface area contributed by atoms with E-state index in [2.05, 4.69) is 10.3 Å². The molecule has 1 aromatic carbocycles. The van der Waals surface area contributed by atoms with E-state index in [1.807, 2.05) is 23.6 Å². The Balaban J connectivity index is 1.36. The fraction of sp³-hybridized carbons (Fsp3) is 0.211. The van der Waals surface area contributed by atoms with Gasteiger partial charge in [0.25, 0.3) is 5.56 Å². The van der Waals surface area contributed by atoms with E-state index in [0.717, 1.165) is 10.4 Å². The second-order valence-electron chi connectivity index (χ2n) is 5.99. The van der Waals surface area contributed by atoms with Crippen molar-refractivity contribution in [1.29, 1.82) is 0 Å². The third-order valence-corrected chi connectivity index (χ3v) is 5.04. The topological polar surface area (TPSA) is 82.5 Å². The van der Waals surface area contributed by atoms with Gasteiger partial charge in [0.2, 0.25) is 12.7 Å². The van der Waals surface area contributed by atoms with Gasteiger partial charge in [-0.05, 0) is 42.1 Å². The lowest BCUT2D eigenvalue weighted by atomic mass is 10.2. The maximum atomic E-state index is 12.5. The number of ether oxygens (including phenoxy) is 2. The normalized spacial score (nSPS) is 12.8. The summed E-state index contributed by atoms with van der Waals surface area (Å²) >= 11 is 1.44. The summed E-state index contributed by atoms with van der Waals surface area (Å²) in [6.07, 6.45) is 3.15. The van der Waals surface area contributed by atoms with E-state index in [1.165, 1.54) is 17.4 Å². The zero-order valence-electron chi connectivity index (χ0n) is 14.6. The highest BCUT2D eigenvalue weighted by atomic mass is 32.1. The Kier molecular flexibility index (Phi) is 4.64. The summed E-state index contributed by atoms with van der Waals surface area (Å²) in [4.78, 5) is 29.7. The van der Waals surface area contributed by atoms with E-state index in [4.69, 9.17) is 9.47 Å². The minimum atomic E-state index is -0.233. The first kappa shape index (κ1) is 17.3. The third kappa shape index (κ3) is 3.56. The fourth-order valence-electron chi connectivity index (χ4n) is 2.85. The summed E-state index contributed by atoms with van der Waals surface area (Å²) in [7, 11) is 0. The molecule has 1 amide bonds. The number of nitrogens with one attached hydrogen (secondary N) is 1. The average molecular weight is 383 g/mol. The number of benzene rings is 1. The zero-order chi connectivity index (χ0) is 18.8. The first-order valence-electron chi connectivity index (χ1n) is 8.42. The molecule has 0 saturated heterocycles. The summed E-state index contributed by atoms with van der Waals surface area (Å²) in [5, 5.41) is 5.25. The number of thiophene rings is 1. The molecule has 0 fully saturated rings. The van der Waals surface area contributed by atoms with Crippen LogP contribution in [-0.4, -0.2) is 28.8 Å². The quantitative estimate of drug-likeness (QED) is 0.684. The Morgan fingerprint density at radius 3 is 3.07 bits per heavy atom. The van der Waals surface area contributed by atoms with Crippen LogP contribution in [0.15, 0.2) is 40.5 Å². The fourth-order valence-corrected chi connectivity index (χ4v) is 3.65. The van der Waals surface area contributed by atoms with Crippen molar-refractivity contribution in [2.45, 2.75) is 13.5 Å². The molecule has 1 aliphatic heterocycles. The second kappa shape index (κ2) is 7.24. The Hall–Kier alpha value is -3.13. The molecule has 1 aliphatic rings. The molecule has 0 bridgehead atoms. The Bertz CT molecular complexity index is 1100. The van der Waals surface area contributed by atoms with Crippen molar-refractivity contribution < 1.29 is 14.3 Å². The third-order valence-electron chi connectivity index (χ3n) is 4.23. The van der Waals surface area contributed by atoms with Crippen LogP contribution in [0.1, 0.15) is 11.4 Å². The smallest absolute Gasteiger partial charge is 0.262 e. The van der Waals surface area contributed by atoms with Crippen LogP contribution in [0.5, 0.6) is 11.5 Å². The van der Waals surface area contributed by atoms with Gasteiger partial charge >= 0.3 is 0 Å². The second-order valence-corrected chi connectivity index (χ2v) is 6.89. The number of aromatic nitrogens is 2. The Morgan fingerprint density at radius 2 is 2.19 bits per heavy atom. The predicted molar refractivity (Wildman–Crippen MR) is 103 cm³/mol. The number of nitrogens with zero attached hydrogens (tertiary/aromatic N) is 2. The van der Waals surface area contributed by atoms with Crippen molar-refractivity contribution in [3.8, 4) is 11.5 Å². The maximum absolute atomic E-state index is 12.5. The number of amides is 1. The molecule has 0 atom stereocenters. The van der Waals surface area contributed by atoms with Crippen LogP contribution in [0.2, 0.25) is 0 Å². The van der Waals surface area contributed by atoms with Gasteiger partial charge in [0.1, 0.15) is 10.7 Å². The number of carbonyl (C=O) groups excluding carboxylic acids is 1. The van der Waals surface area contributed by atoms with Gasteiger partial charge in [-0.1, -0.05) is 6.07 Å². The molecule has 0 aliphatic carbocycles. The van der Waals surface area contributed by atoms with Gasteiger partial charge in [0, 0.05) is 19.2 Å². The van der Waals surface area contributed by atoms with Crippen LogP contribution in [0, 0.1) is 6.92 Å². The number of carbonyl (C=O) groups is 1. The Labute approximate surface area is 158 Å². The molecule has 27 heavy (non-hydrogen) atoms. The molecule has 1 N–H and O–H groups in total. The highest BCUT2D eigenvalue weighted by molar-refractivity contribution is 7.16. The van der Waals surface area contributed by atoms with Gasteiger partial charge in [-0.25, -0.2) is 4.98 Å². The number of fused-ring (bicyclic) bond motifs is 2. The zero-order valence-corrected chi connectivity index (χ0v) is 15.4. The molecule has 4 rings (SSSR count). The Morgan fingerprint density at radius 1 is 1.33 bits per heavy atom. The largest absolute Gasteiger partial charge is 0.454 e. The van der Waals surface area contributed by atoms with E-state index in [1.54, 1.807) is 23.6 Å². The predicted octanol–water partition coefficient (Wildman–Crippen LogP) is 2.32. The van der Waals surface area contributed by atoms with Crippen molar-refractivity contribution in [2.24, 2.45) is 0 Å². The van der Waals surface area contributed by atoms with Gasteiger partial charge in [-0.15, -0.1) is 11.3 Å². The van der Waals surface area contributed by atoms with Gasteiger partial charge in [0.05, 0.1) is 5.39 Å². The lowest BCUT2D eigenvalue weighted by Crippen LogP contribution is -2.31. The number of aryl methyl sites for hydroxylation is 1.